The van der Waals surface area contributed by atoms with Gasteiger partial charge in [-0.2, -0.15) is 18.2 Å². The van der Waals surface area contributed by atoms with Crippen LogP contribution in [0.4, 0.5) is 13.2 Å². The van der Waals surface area contributed by atoms with Crippen molar-refractivity contribution in [1.29, 1.82) is 0 Å². The summed E-state index contributed by atoms with van der Waals surface area (Å²) < 4.78 is 47.8. The number of alkyl halides is 3. The second-order valence-electron chi connectivity index (χ2n) is 6.46. The normalized spacial score (nSPS) is 11.8. The standard InChI is InChI=1S/C19H20F3N5O3/c1-27(8-9-28)7-2-10-29-14-3-4-15(24-12-14)16-11-13(5-6-23-16)17-25-18(30-26-17)19(20,21)22/h3-6,11-12,28H,2,7-10H2,1H3. The first-order valence-electron chi connectivity index (χ1n) is 9.13. The summed E-state index contributed by atoms with van der Waals surface area (Å²) in [5.74, 6) is -0.997. The number of aromatic nitrogens is 4. The average molecular weight is 423 g/mol. The Kier molecular flexibility index (Phi) is 6.95. The van der Waals surface area contributed by atoms with Gasteiger partial charge in [0.2, 0.25) is 5.82 Å². The molecule has 0 aromatic carbocycles. The highest BCUT2D eigenvalue weighted by atomic mass is 19.4. The number of halogens is 3. The molecule has 0 aliphatic heterocycles. The third-order valence-electron chi connectivity index (χ3n) is 4.12. The maximum Gasteiger partial charge on any atom is 0.471 e. The van der Waals surface area contributed by atoms with E-state index in [1.807, 2.05) is 11.9 Å². The first kappa shape index (κ1) is 21.7. The number of hydrogen-bond acceptors (Lipinski definition) is 8. The quantitative estimate of drug-likeness (QED) is 0.525. The minimum atomic E-state index is -4.70. The predicted molar refractivity (Wildman–Crippen MR) is 100 cm³/mol. The van der Waals surface area contributed by atoms with Gasteiger partial charge in [0.25, 0.3) is 0 Å². The summed E-state index contributed by atoms with van der Waals surface area (Å²) in [4.78, 5) is 13.9. The van der Waals surface area contributed by atoms with Crippen molar-refractivity contribution in [3.8, 4) is 28.5 Å². The number of rotatable bonds is 9. The van der Waals surface area contributed by atoms with Crippen LogP contribution in [0.15, 0.2) is 41.2 Å². The summed E-state index contributed by atoms with van der Waals surface area (Å²) in [6.07, 6.45) is -0.917. The highest BCUT2D eigenvalue weighted by Crippen LogP contribution is 2.30. The molecule has 0 saturated carbocycles. The number of aliphatic hydroxyl groups excluding tert-OH is 1. The SMILES string of the molecule is CN(CCO)CCCOc1ccc(-c2cc(-c3noc(C(F)(F)F)n3)ccn2)nc1. The molecule has 0 spiro atoms. The Morgan fingerprint density at radius 2 is 1.97 bits per heavy atom. The van der Waals surface area contributed by atoms with E-state index in [0.717, 1.165) is 13.0 Å². The van der Waals surface area contributed by atoms with E-state index in [1.54, 1.807) is 18.3 Å². The summed E-state index contributed by atoms with van der Waals surface area (Å²) in [6, 6.07) is 6.46. The lowest BCUT2D eigenvalue weighted by Crippen LogP contribution is -2.24. The Labute approximate surface area is 170 Å². The molecule has 3 aromatic heterocycles. The highest BCUT2D eigenvalue weighted by molar-refractivity contribution is 5.64. The number of nitrogens with zero attached hydrogens (tertiary/aromatic N) is 5. The molecule has 1 N–H and O–H groups in total. The average Bonchev–Trinajstić information content (AvgIpc) is 3.23. The summed E-state index contributed by atoms with van der Waals surface area (Å²) in [5, 5.41) is 12.2. The summed E-state index contributed by atoms with van der Waals surface area (Å²) >= 11 is 0. The largest absolute Gasteiger partial charge is 0.492 e. The zero-order valence-electron chi connectivity index (χ0n) is 16.1. The van der Waals surface area contributed by atoms with Crippen LogP contribution in [0.25, 0.3) is 22.8 Å². The second kappa shape index (κ2) is 9.63. The Bertz CT molecular complexity index is 947. The van der Waals surface area contributed by atoms with Gasteiger partial charge < -0.3 is 19.3 Å². The van der Waals surface area contributed by atoms with Crippen LogP contribution in [0.5, 0.6) is 5.75 Å². The molecule has 0 radical (unpaired) electrons. The Morgan fingerprint density at radius 1 is 1.13 bits per heavy atom. The Balaban J connectivity index is 1.63. The molecule has 0 bridgehead atoms. The second-order valence-corrected chi connectivity index (χ2v) is 6.46. The number of pyridine rings is 2. The molecule has 8 nitrogen and oxygen atoms in total. The van der Waals surface area contributed by atoms with Gasteiger partial charge in [-0.3, -0.25) is 9.97 Å². The van der Waals surface area contributed by atoms with Gasteiger partial charge in [0.05, 0.1) is 30.8 Å². The molecule has 160 valence electrons. The van der Waals surface area contributed by atoms with Crippen LogP contribution in [0.3, 0.4) is 0 Å². The Morgan fingerprint density at radius 3 is 2.63 bits per heavy atom. The first-order valence-corrected chi connectivity index (χ1v) is 9.13. The van der Waals surface area contributed by atoms with Crippen LogP contribution in [-0.4, -0.2) is 63.5 Å². The van der Waals surface area contributed by atoms with Crippen molar-refractivity contribution in [3.05, 3.63) is 42.5 Å². The lowest BCUT2D eigenvalue weighted by Gasteiger charge is -2.14. The summed E-state index contributed by atoms with van der Waals surface area (Å²) in [7, 11) is 1.92. The van der Waals surface area contributed by atoms with Gasteiger partial charge in [-0.1, -0.05) is 5.16 Å². The molecule has 0 atom stereocenters. The van der Waals surface area contributed by atoms with E-state index in [9.17, 15) is 13.2 Å². The maximum atomic E-state index is 12.6. The first-order chi connectivity index (χ1) is 14.4. The molecule has 0 unspecified atom stereocenters. The zero-order valence-corrected chi connectivity index (χ0v) is 16.1. The van der Waals surface area contributed by atoms with Crippen molar-refractivity contribution in [2.75, 3.05) is 33.4 Å². The lowest BCUT2D eigenvalue weighted by molar-refractivity contribution is -0.159. The van der Waals surface area contributed by atoms with Crippen LogP contribution >= 0.6 is 0 Å². The number of hydrogen-bond donors (Lipinski definition) is 1. The fourth-order valence-corrected chi connectivity index (χ4v) is 2.59. The molecule has 0 amide bonds. The van der Waals surface area contributed by atoms with Crippen LogP contribution in [-0.2, 0) is 6.18 Å². The molecule has 0 fully saturated rings. The maximum absolute atomic E-state index is 12.6. The Hall–Kier alpha value is -3.05. The molecule has 3 heterocycles. The van der Waals surface area contributed by atoms with Crippen LogP contribution in [0, 0.1) is 0 Å². The lowest BCUT2D eigenvalue weighted by atomic mass is 10.1. The molecular formula is C19H20F3N5O3. The van der Waals surface area contributed by atoms with Gasteiger partial charge >= 0.3 is 12.1 Å². The topological polar surface area (TPSA) is 97.4 Å². The zero-order chi connectivity index (χ0) is 21.6. The third-order valence-corrected chi connectivity index (χ3v) is 4.12. The van der Waals surface area contributed by atoms with Gasteiger partial charge in [0.15, 0.2) is 0 Å². The van der Waals surface area contributed by atoms with E-state index in [4.69, 9.17) is 9.84 Å². The summed E-state index contributed by atoms with van der Waals surface area (Å²) in [6.45, 7) is 2.04. The molecule has 0 aliphatic rings. The van der Waals surface area contributed by atoms with Gasteiger partial charge in [-0.05, 0) is 37.7 Å². The minimum absolute atomic E-state index is 0.119. The number of ether oxygens (including phenoxy) is 1. The molecule has 0 aliphatic carbocycles. The van der Waals surface area contributed by atoms with Crippen molar-refractivity contribution in [3.63, 3.8) is 0 Å². The van der Waals surface area contributed by atoms with E-state index in [-0.39, 0.29) is 12.4 Å². The van der Waals surface area contributed by atoms with Gasteiger partial charge in [-0.25, -0.2) is 0 Å². The minimum Gasteiger partial charge on any atom is -0.492 e. The summed E-state index contributed by atoms with van der Waals surface area (Å²) in [5.41, 5.74) is 1.29. The van der Waals surface area contributed by atoms with Gasteiger partial charge in [0.1, 0.15) is 5.75 Å². The van der Waals surface area contributed by atoms with Gasteiger partial charge in [0, 0.05) is 24.8 Å². The van der Waals surface area contributed by atoms with Crippen LogP contribution < -0.4 is 4.74 Å². The van der Waals surface area contributed by atoms with Crippen LogP contribution in [0.1, 0.15) is 12.3 Å². The fourth-order valence-electron chi connectivity index (χ4n) is 2.59. The molecule has 30 heavy (non-hydrogen) atoms. The van der Waals surface area contributed by atoms with Crippen molar-refractivity contribution >= 4 is 0 Å². The van der Waals surface area contributed by atoms with Gasteiger partial charge in [-0.15, -0.1) is 0 Å². The smallest absolute Gasteiger partial charge is 0.471 e. The number of likely N-dealkylation sites (N-methyl/N-ethyl adjacent to an activating group) is 1. The van der Waals surface area contributed by atoms with Crippen molar-refractivity contribution in [2.24, 2.45) is 0 Å². The van der Waals surface area contributed by atoms with E-state index < -0.39 is 12.1 Å². The number of aliphatic hydroxyl groups is 1. The van der Waals surface area contributed by atoms with E-state index in [1.165, 1.54) is 18.3 Å². The monoisotopic (exact) mass is 423 g/mol. The molecule has 0 saturated heterocycles. The predicted octanol–water partition coefficient (Wildman–Crippen LogP) is 2.91. The molecular weight excluding hydrogens is 403 g/mol. The third kappa shape index (κ3) is 5.74. The van der Waals surface area contributed by atoms with E-state index in [0.29, 0.717) is 35.9 Å². The molecule has 3 rings (SSSR count). The van der Waals surface area contributed by atoms with Crippen LogP contribution in [0.2, 0.25) is 0 Å². The van der Waals surface area contributed by atoms with E-state index >= 15 is 0 Å². The fraction of sp³-hybridized carbons (Fsp3) is 0.368. The van der Waals surface area contributed by atoms with Crippen molar-refractivity contribution in [1.82, 2.24) is 25.0 Å². The van der Waals surface area contributed by atoms with E-state index in [2.05, 4.69) is 24.6 Å². The van der Waals surface area contributed by atoms with Crippen molar-refractivity contribution in [2.45, 2.75) is 12.6 Å². The highest BCUT2D eigenvalue weighted by Gasteiger charge is 2.38. The van der Waals surface area contributed by atoms with Crippen molar-refractivity contribution < 1.29 is 27.5 Å². The molecule has 11 heteroatoms. The molecule has 3 aromatic rings.